The summed E-state index contributed by atoms with van der Waals surface area (Å²) in [4.78, 5) is 12.0. The third-order valence-electron chi connectivity index (χ3n) is 5.23. The lowest BCUT2D eigenvalue weighted by Crippen LogP contribution is -2.64. The highest BCUT2D eigenvalue weighted by molar-refractivity contribution is 5.73. The number of carbonyl (C=O) groups excluding carboxylic acids is 1. The largest absolute Gasteiger partial charge is 0.394 e. The monoisotopic (exact) mass is 425 g/mol. The van der Waals surface area contributed by atoms with Crippen LogP contribution in [0.25, 0.3) is 0 Å². The highest BCUT2D eigenvalue weighted by Gasteiger charge is 2.46. The summed E-state index contributed by atoms with van der Waals surface area (Å²) in [5.41, 5.74) is 2.02. The minimum Gasteiger partial charge on any atom is -0.394 e. The van der Waals surface area contributed by atoms with E-state index in [1.807, 2.05) is 79.7 Å². The number of aliphatic hydroxyl groups is 1. The summed E-state index contributed by atoms with van der Waals surface area (Å²) in [6.07, 6.45) is 1.63. The van der Waals surface area contributed by atoms with E-state index in [1.54, 1.807) is 0 Å². The molecule has 5 atom stereocenters. The zero-order valence-corrected chi connectivity index (χ0v) is 18.0. The Balaban J connectivity index is 1.86. The molecule has 0 radical (unpaired) electrons. The van der Waals surface area contributed by atoms with E-state index >= 15 is 0 Å². The van der Waals surface area contributed by atoms with Gasteiger partial charge in [-0.2, -0.15) is 0 Å². The van der Waals surface area contributed by atoms with Gasteiger partial charge >= 0.3 is 0 Å². The lowest BCUT2D eigenvalue weighted by Gasteiger charge is -2.45. The van der Waals surface area contributed by atoms with E-state index in [0.717, 1.165) is 11.1 Å². The van der Waals surface area contributed by atoms with Crippen molar-refractivity contribution < 1.29 is 24.1 Å². The number of carbonyl (C=O) groups is 1. The van der Waals surface area contributed by atoms with Crippen LogP contribution in [0.3, 0.4) is 0 Å². The van der Waals surface area contributed by atoms with Crippen LogP contribution in [0.1, 0.15) is 25.0 Å². The third kappa shape index (κ3) is 6.48. The summed E-state index contributed by atoms with van der Waals surface area (Å²) in [7, 11) is 0. The molecule has 2 aromatic rings. The first kappa shape index (κ1) is 23.2. The smallest absolute Gasteiger partial charge is 0.217 e. The van der Waals surface area contributed by atoms with E-state index < -0.39 is 30.5 Å². The van der Waals surface area contributed by atoms with Gasteiger partial charge in [0, 0.05) is 6.92 Å². The first-order valence-electron chi connectivity index (χ1n) is 10.6. The minimum absolute atomic E-state index is 0.180. The van der Waals surface area contributed by atoms with Crippen molar-refractivity contribution in [3.63, 3.8) is 0 Å². The number of ether oxygens (including phenoxy) is 3. The molecule has 1 aliphatic rings. The summed E-state index contributed by atoms with van der Waals surface area (Å²) < 4.78 is 18.7. The van der Waals surface area contributed by atoms with E-state index in [0.29, 0.717) is 13.2 Å². The normalized spacial score (nSPS) is 26.1. The molecule has 1 saturated heterocycles. The molecule has 0 spiro atoms. The van der Waals surface area contributed by atoms with Crippen molar-refractivity contribution in [2.24, 2.45) is 0 Å². The van der Waals surface area contributed by atoms with Crippen molar-refractivity contribution in [2.75, 3.05) is 6.61 Å². The van der Waals surface area contributed by atoms with Gasteiger partial charge in [-0.05, 0) is 18.1 Å². The summed E-state index contributed by atoms with van der Waals surface area (Å²) in [6, 6.07) is 19.2. The molecular weight excluding hydrogens is 394 g/mol. The highest BCUT2D eigenvalue weighted by atomic mass is 16.6. The van der Waals surface area contributed by atoms with Gasteiger partial charge in [0.2, 0.25) is 5.91 Å². The Kier molecular flexibility index (Phi) is 8.79. The Hall–Kier alpha value is -2.51. The molecule has 3 unspecified atom stereocenters. The molecule has 0 bridgehead atoms. The van der Waals surface area contributed by atoms with Gasteiger partial charge in [-0.15, -0.1) is 0 Å². The topological polar surface area (TPSA) is 77.0 Å². The second kappa shape index (κ2) is 11.8. The first-order valence-corrected chi connectivity index (χ1v) is 10.6. The third-order valence-corrected chi connectivity index (χ3v) is 5.23. The molecule has 1 heterocycles. The van der Waals surface area contributed by atoms with Crippen LogP contribution in [0.5, 0.6) is 0 Å². The van der Waals surface area contributed by atoms with Crippen molar-refractivity contribution in [2.45, 2.75) is 57.5 Å². The average molecular weight is 426 g/mol. The molecule has 1 aliphatic heterocycles. The van der Waals surface area contributed by atoms with Crippen molar-refractivity contribution in [1.82, 2.24) is 5.32 Å². The summed E-state index contributed by atoms with van der Waals surface area (Å²) in [5, 5.41) is 13.0. The molecule has 6 nitrogen and oxygen atoms in total. The Bertz CT molecular complexity index is 826. The van der Waals surface area contributed by atoms with Crippen LogP contribution in [0.15, 0.2) is 72.8 Å². The number of amides is 1. The van der Waals surface area contributed by atoms with Gasteiger partial charge in [0.15, 0.2) is 0 Å². The molecule has 166 valence electrons. The van der Waals surface area contributed by atoms with Gasteiger partial charge in [0.05, 0.1) is 32.0 Å². The van der Waals surface area contributed by atoms with Crippen LogP contribution in [0, 0.1) is 0 Å². The Morgan fingerprint density at radius 2 is 1.55 bits per heavy atom. The van der Waals surface area contributed by atoms with Crippen molar-refractivity contribution in [3.05, 3.63) is 83.9 Å². The maximum absolute atomic E-state index is 12.0. The van der Waals surface area contributed by atoms with Crippen LogP contribution >= 0.6 is 0 Å². The fraction of sp³-hybridized carbons (Fsp3) is 0.400. The lowest BCUT2D eigenvalue weighted by molar-refractivity contribution is -0.219. The SMILES string of the molecule is C/C=C/[C@H]1OC(CO)[C@@H](OCc2ccccc2)C(OCc2ccccc2)C1NC(C)=O. The highest BCUT2D eigenvalue weighted by Crippen LogP contribution is 2.28. The van der Waals surface area contributed by atoms with Crippen molar-refractivity contribution in [3.8, 4) is 0 Å². The predicted molar refractivity (Wildman–Crippen MR) is 118 cm³/mol. The van der Waals surface area contributed by atoms with Gasteiger partial charge in [-0.25, -0.2) is 0 Å². The van der Waals surface area contributed by atoms with E-state index in [-0.39, 0.29) is 12.5 Å². The molecule has 0 saturated carbocycles. The number of hydrogen-bond donors (Lipinski definition) is 2. The minimum atomic E-state index is -0.587. The molecule has 0 aromatic heterocycles. The molecule has 0 aliphatic carbocycles. The van der Waals surface area contributed by atoms with Crippen LogP contribution in [-0.4, -0.2) is 48.1 Å². The van der Waals surface area contributed by atoms with Gasteiger partial charge in [-0.1, -0.05) is 72.8 Å². The van der Waals surface area contributed by atoms with Crippen molar-refractivity contribution in [1.29, 1.82) is 0 Å². The number of hydrogen-bond acceptors (Lipinski definition) is 5. The molecule has 3 rings (SSSR count). The molecule has 31 heavy (non-hydrogen) atoms. The van der Waals surface area contributed by atoms with Gasteiger partial charge in [0.1, 0.15) is 18.3 Å². The molecule has 2 aromatic carbocycles. The second-order valence-electron chi connectivity index (χ2n) is 7.60. The zero-order chi connectivity index (χ0) is 22.1. The molecule has 1 amide bonds. The van der Waals surface area contributed by atoms with Crippen LogP contribution < -0.4 is 5.32 Å². The summed E-state index contributed by atoms with van der Waals surface area (Å²) in [5.74, 6) is -0.180. The Morgan fingerprint density at radius 1 is 1.00 bits per heavy atom. The van der Waals surface area contributed by atoms with Crippen LogP contribution in [0.4, 0.5) is 0 Å². The van der Waals surface area contributed by atoms with E-state index in [4.69, 9.17) is 14.2 Å². The van der Waals surface area contributed by atoms with Gasteiger partial charge in [0.25, 0.3) is 0 Å². The fourth-order valence-corrected chi connectivity index (χ4v) is 3.80. The molecule has 2 N–H and O–H groups in total. The quantitative estimate of drug-likeness (QED) is 0.604. The van der Waals surface area contributed by atoms with Crippen LogP contribution in [-0.2, 0) is 32.2 Å². The zero-order valence-electron chi connectivity index (χ0n) is 18.0. The number of allylic oxidation sites excluding steroid dienone is 1. The van der Waals surface area contributed by atoms with Crippen LogP contribution in [0.2, 0.25) is 0 Å². The summed E-state index contributed by atoms with van der Waals surface area (Å²) >= 11 is 0. The number of aliphatic hydroxyl groups excluding tert-OH is 1. The summed E-state index contributed by atoms with van der Waals surface area (Å²) in [6.45, 7) is 3.84. The number of nitrogens with one attached hydrogen (secondary N) is 1. The average Bonchev–Trinajstić information content (AvgIpc) is 2.79. The van der Waals surface area contributed by atoms with Gasteiger partial charge in [-0.3, -0.25) is 4.79 Å². The Labute approximate surface area is 183 Å². The predicted octanol–water partition coefficient (Wildman–Crippen LogP) is 3.00. The molecular formula is C25H31NO5. The maximum Gasteiger partial charge on any atom is 0.217 e. The number of benzene rings is 2. The number of rotatable bonds is 9. The van der Waals surface area contributed by atoms with Crippen molar-refractivity contribution >= 4 is 5.91 Å². The van der Waals surface area contributed by atoms with E-state index in [9.17, 15) is 9.90 Å². The second-order valence-corrected chi connectivity index (χ2v) is 7.60. The first-order chi connectivity index (χ1) is 15.1. The van der Waals surface area contributed by atoms with Gasteiger partial charge < -0.3 is 24.6 Å². The lowest BCUT2D eigenvalue weighted by atomic mass is 9.91. The molecule has 1 fully saturated rings. The Morgan fingerprint density at radius 3 is 2.03 bits per heavy atom. The maximum atomic E-state index is 12.0. The molecule has 6 heteroatoms. The standard InChI is InChI=1S/C25H31NO5/c1-3-10-21-23(26-18(2)28)25(30-17-20-13-8-5-9-14-20)24(22(15-27)31-21)29-16-19-11-6-4-7-12-19/h3-14,21-25,27H,15-17H2,1-2H3,(H,26,28)/b10-3+/t21-,22?,23?,24-,25?/m1/s1. The van der Waals surface area contributed by atoms with E-state index in [1.165, 1.54) is 6.92 Å². The fourth-order valence-electron chi connectivity index (χ4n) is 3.80. The van der Waals surface area contributed by atoms with E-state index in [2.05, 4.69) is 5.32 Å².